The van der Waals surface area contributed by atoms with Crippen LogP contribution in [0.5, 0.6) is 0 Å². The molecule has 0 bridgehead atoms. The minimum atomic E-state index is -0.454. The molecule has 0 aliphatic rings. The second kappa shape index (κ2) is 5.80. The molecule has 5 nitrogen and oxygen atoms in total. The van der Waals surface area contributed by atoms with E-state index >= 15 is 0 Å². The number of rotatable bonds is 5. The molecule has 0 aliphatic heterocycles. The van der Waals surface area contributed by atoms with E-state index in [1.165, 1.54) is 6.08 Å². The Morgan fingerprint density at radius 2 is 2.64 bits per heavy atom. The molecule has 1 amide bonds. The van der Waals surface area contributed by atoms with Crippen molar-refractivity contribution in [3.05, 3.63) is 30.7 Å². The van der Waals surface area contributed by atoms with Gasteiger partial charge in [-0.05, 0) is 0 Å². The van der Waals surface area contributed by atoms with Crippen LogP contribution in [0.15, 0.2) is 29.4 Å². The summed E-state index contributed by atoms with van der Waals surface area (Å²) in [6, 6.07) is 1.75. The Morgan fingerprint density at radius 1 is 1.79 bits per heavy atom. The van der Waals surface area contributed by atoms with Gasteiger partial charge in [-0.3, -0.25) is 0 Å². The average Bonchev–Trinajstić information content (AvgIpc) is 2.67. The molecule has 14 heavy (non-hydrogen) atoms. The minimum Gasteiger partial charge on any atom is -0.445 e. The van der Waals surface area contributed by atoms with Crippen LogP contribution in [0.3, 0.4) is 0 Å². The molecule has 0 radical (unpaired) electrons. The number of amides is 1. The normalized spacial score (nSPS) is 9.43. The topological polar surface area (TPSA) is 64.4 Å². The highest BCUT2D eigenvalue weighted by molar-refractivity contribution is 5.67. The van der Waals surface area contributed by atoms with Crippen molar-refractivity contribution in [1.29, 1.82) is 0 Å². The van der Waals surface area contributed by atoms with Crippen LogP contribution in [0.25, 0.3) is 0 Å². The third kappa shape index (κ3) is 3.75. The molecule has 0 atom stereocenters. The van der Waals surface area contributed by atoms with Gasteiger partial charge in [-0.1, -0.05) is 17.8 Å². The van der Waals surface area contributed by atoms with E-state index in [0.29, 0.717) is 13.0 Å². The molecule has 1 N–H and O–H groups in total. The summed E-state index contributed by atoms with van der Waals surface area (Å²) in [5, 5.41) is 6.10. The summed E-state index contributed by atoms with van der Waals surface area (Å²) in [5.41, 5.74) is 0. The number of alkyl carbamates (subject to hydrolysis) is 1. The fraction of sp³-hybridized carbons (Fsp3) is 0.333. The van der Waals surface area contributed by atoms with Crippen molar-refractivity contribution in [2.45, 2.75) is 6.42 Å². The van der Waals surface area contributed by atoms with E-state index in [2.05, 4.69) is 17.1 Å². The van der Waals surface area contributed by atoms with Crippen LogP contribution in [-0.4, -0.2) is 24.4 Å². The highest BCUT2D eigenvalue weighted by Gasteiger charge is 2.01. The molecule has 1 rings (SSSR count). The first-order valence-electron chi connectivity index (χ1n) is 4.24. The Hall–Kier alpha value is -1.78. The second-order valence-corrected chi connectivity index (χ2v) is 2.54. The molecule has 0 fully saturated rings. The number of hydrogen-bond donors (Lipinski definition) is 1. The zero-order chi connectivity index (χ0) is 10.2. The lowest BCUT2D eigenvalue weighted by molar-refractivity contribution is 0.158. The van der Waals surface area contributed by atoms with Crippen molar-refractivity contribution in [2.75, 3.05) is 13.2 Å². The van der Waals surface area contributed by atoms with E-state index in [1.54, 1.807) is 12.3 Å². The summed E-state index contributed by atoms with van der Waals surface area (Å²) in [4.78, 5) is 10.9. The van der Waals surface area contributed by atoms with Crippen molar-refractivity contribution >= 4 is 6.09 Å². The molecule has 0 unspecified atom stereocenters. The molecule has 1 heterocycles. The lowest BCUT2D eigenvalue weighted by atomic mass is 10.3. The number of carbonyl (C=O) groups is 1. The van der Waals surface area contributed by atoms with Gasteiger partial charge in [0, 0.05) is 19.0 Å². The van der Waals surface area contributed by atoms with Crippen LogP contribution >= 0.6 is 0 Å². The fourth-order valence-corrected chi connectivity index (χ4v) is 0.845. The Labute approximate surface area is 81.7 Å². The lowest BCUT2D eigenvalue weighted by Crippen LogP contribution is -2.26. The predicted octanol–water partition coefficient (Wildman–Crippen LogP) is 1.13. The van der Waals surface area contributed by atoms with Crippen LogP contribution < -0.4 is 5.32 Å². The highest BCUT2D eigenvalue weighted by atomic mass is 16.5. The smallest absolute Gasteiger partial charge is 0.407 e. The summed E-state index contributed by atoms with van der Waals surface area (Å²) in [5.74, 6) is 0.731. The standard InChI is InChI=1S/C9H12N2O3/c1-2-7-13-9(12)10-5-3-8-4-6-11-14-8/h2,4,6H,1,3,5,7H2,(H,10,12). The third-order valence-electron chi connectivity index (χ3n) is 1.46. The molecular weight excluding hydrogens is 184 g/mol. The molecule has 1 aromatic rings. The maximum Gasteiger partial charge on any atom is 0.407 e. The van der Waals surface area contributed by atoms with Crippen molar-refractivity contribution in [2.24, 2.45) is 0 Å². The fourth-order valence-electron chi connectivity index (χ4n) is 0.845. The molecule has 0 saturated heterocycles. The Bertz CT molecular complexity index is 282. The largest absolute Gasteiger partial charge is 0.445 e. The Balaban J connectivity index is 2.09. The maximum atomic E-state index is 10.9. The summed E-state index contributed by atoms with van der Waals surface area (Å²) >= 11 is 0. The van der Waals surface area contributed by atoms with Gasteiger partial charge in [0.15, 0.2) is 0 Å². The van der Waals surface area contributed by atoms with E-state index in [1.807, 2.05) is 0 Å². The zero-order valence-corrected chi connectivity index (χ0v) is 7.73. The SMILES string of the molecule is C=CCOC(=O)NCCc1ccno1. The number of hydrogen-bond acceptors (Lipinski definition) is 4. The van der Waals surface area contributed by atoms with Gasteiger partial charge in [0.05, 0.1) is 6.20 Å². The monoisotopic (exact) mass is 196 g/mol. The molecule has 0 spiro atoms. The van der Waals surface area contributed by atoms with Gasteiger partial charge in [-0.2, -0.15) is 0 Å². The number of nitrogens with one attached hydrogen (secondary N) is 1. The van der Waals surface area contributed by atoms with Gasteiger partial charge < -0.3 is 14.6 Å². The first-order valence-corrected chi connectivity index (χ1v) is 4.24. The van der Waals surface area contributed by atoms with Crippen LogP contribution in [0.2, 0.25) is 0 Å². The summed E-state index contributed by atoms with van der Waals surface area (Å²) < 4.78 is 9.53. The molecule has 0 aliphatic carbocycles. The van der Waals surface area contributed by atoms with Crippen LogP contribution in [-0.2, 0) is 11.2 Å². The Morgan fingerprint density at radius 3 is 3.29 bits per heavy atom. The number of carbonyl (C=O) groups excluding carboxylic acids is 1. The summed E-state index contributed by atoms with van der Waals surface area (Å²) in [6.07, 6.45) is 3.22. The molecule has 0 aromatic carbocycles. The van der Waals surface area contributed by atoms with E-state index in [9.17, 15) is 4.79 Å². The minimum absolute atomic E-state index is 0.216. The molecular formula is C9H12N2O3. The Kier molecular flexibility index (Phi) is 4.26. The van der Waals surface area contributed by atoms with Gasteiger partial charge in [-0.25, -0.2) is 4.79 Å². The van der Waals surface area contributed by atoms with Crippen molar-refractivity contribution in [1.82, 2.24) is 10.5 Å². The van der Waals surface area contributed by atoms with Crippen molar-refractivity contribution < 1.29 is 14.1 Å². The quantitative estimate of drug-likeness (QED) is 0.717. The van der Waals surface area contributed by atoms with Gasteiger partial charge >= 0.3 is 6.09 Å². The van der Waals surface area contributed by atoms with E-state index < -0.39 is 6.09 Å². The van der Waals surface area contributed by atoms with Crippen LogP contribution in [0.1, 0.15) is 5.76 Å². The van der Waals surface area contributed by atoms with Gasteiger partial charge in [0.2, 0.25) is 0 Å². The summed E-state index contributed by atoms with van der Waals surface area (Å²) in [7, 11) is 0. The van der Waals surface area contributed by atoms with Crippen molar-refractivity contribution in [3.63, 3.8) is 0 Å². The number of ether oxygens (including phenoxy) is 1. The molecule has 5 heteroatoms. The van der Waals surface area contributed by atoms with E-state index in [-0.39, 0.29) is 6.61 Å². The van der Waals surface area contributed by atoms with Gasteiger partial charge in [0.1, 0.15) is 12.4 Å². The number of nitrogens with zero attached hydrogens (tertiary/aromatic N) is 1. The second-order valence-electron chi connectivity index (χ2n) is 2.54. The van der Waals surface area contributed by atoms with Crippen LogP contribution in [0.4, 0.5) is 4.79 Å². The van der Waals surface area contributed by atoms with Gasteiger partial charge in [0.25, 0.3) is 0 Å². The maximum absolute atomic E-state index is 10.9. The van der Waals surface area contributed by atoms with Gasteiger partial charge in [-0.15, -0.1) is 0 Å². The van der Waals surface area contributed by atoms with E-state index in [0.717, 1.165) is 5.76 Å². The van der Waals surface area contributed by atoms with E-state index in [4.69, 9.17) is 9.26 Å². The molecule has 76 valence electrons. The summed E-state index contributed by atoms with van der Waals surface area (Å²) in [6.45, 7) is 4.11. The first kappa shape index (κ1) is 10.3. The first-order chi connectivity index (χ1) is 6.83. The average molecular weight is 196 g/mol. The van der Waals surface area contributed by atoms with Crippen LogP contribution in [0, 0.1) is 0 Å². The predicted molar refractivity (Wildman–Crippen MR) is 49.8 cm³/mol. The lowest BCUT2D eigenvalue weighted by Gasteiger charge is -2.02. The third-order valence-corrected chi connectivity index (χ3v) is 1.46. The molecule has 0 saturated carbocycles. The molecule has 1 aromatic heterocycles. The highest BCUT2D eigenvalue weighted by Crippen LogP contribution is 1.95. The number of aromatic nitrogens is 1. The van der Waals surface area contributed by atoms with Crippen molar-refractivity contribution in [3.8, 4) is 0 Å². The zero-order valence-electron chi connectivity index (χ0n) is 7.73.